The van der Waals surface area contributed by atoms with Crippen molar-refractivity contribution in [3.05, 3.63) is 60.0 Å². The number of carbonyl (C=O) groups is 2. The first-order chi connectivity index (χ1) is 15.5. The Morgan fingerprint density at radius 2 is 2.06 bits per heavy atom. The summed E-state index contributed by atoms with van der Waals surface area (Å²) in [5, 5.41) is 10.4. The van der Waals surface area contributed by atoms with Crippen LogP contribution in [0.4, 0.5) is 4.79 Å². The van der Waals surface area contributed by atoms with E-state index < -0.39 is 12.0 Å². The van der Waals surface area contributed by atoms with E-state index in [2.05, 4.69) is 15.0 Å². The zero-order valence-electron chi connectivity index (χ0n) is 17.8. The van der Waals surface area contributed by atoms with Gasteiger partial charge in [-0.1, -0.05) is 6.07 Å². The van der Waals surface area contributed by atoms with Crippen molar-refractivity contribution in [2.75, 3.05) is 26.7 Å². The molecule has 0 aliphatic carbocycles. The summed E-state index contributed by atoms with van der Waals surface area (Å²) >= 11 is 0. The van der Waals surface area contributed by atoms with Crippen LogP contribution in [0, 0.1) is 0 Å². The molecule has 1 aliphatic heterocycles. The smallest absolute Gasteiger partial charge is 0.320 e. The summed E-state index contributed by atoms with van der Waals surface area (Å²) < 4.78 is 5.07. The predicted molar refractivity (Wildman–Crippen MR) is 117 cm³/mol. The normalized spacial score (nSPS) is 14.7. The molecule has 166 valence electrons. The minimum Gasteiger partial charge on any atom is -0.481 e. The lowest BCUT2D eigenvalue weighted by Crippen LogP contribution is -2.36. The Kier molecular flexibility index (Phi) is 6.44. The van der Waals surface area contributed by atoms with Crippen LogP contribution in [0.2, 0.25) is 0 Å². The Labute approximate surface area is 185 Å². The first-order valence-electron chi connectivity index (χ1n) is 10.5. The van der Waals surface area contributed by atoms with Crippen molar-refractivity contribution in [3.63, 3.8) is 0 Å². The number of carbonyl (C=O) groups excluding carboxylic acids is 1. The first-order valence-corrected chi connectivity index (χ1v) is 10.5. The zero-order valence-corrected chi connectivity index (χ0v) is 17.8. The Morgan fingerprint density at radius 1 is 1.19 bits per heavy atom. The van der Waals surface area contributed by atoms with Gasteiger partial charge in [0.1, 0.15) is 0 Å². The first kappa shape index (κ1) is 21.5. The highest BCUT2D eigenvalue weighted by Crippen LogP contribution is 2.29. The molecule has 1 unspecified atom stereocenters. The number of hydrogen-bond acceptors (Lipinski definition) is 6. The standard InChI is InChI=1S/C23H25N5O4/c1-32-20-9-7-17(15-25-20)19(14-21(29)30)28-13-12-27(23(28)31)11-3-5-18-8-6-16-4-2-10-24-22(16)26-18/h2,4,6-10,15,19H,3,5,11-14H2,1H3,(H,29,30). The van der Waals surface area contributed by atoms with Gasteiger partial charge in [0.25, 0.3) is 0 Å². The quantitative estimate of drug-likeness (QED) is 0.550. The van der Waals surface area contributed by atoms with Gasteiger partial charge in [0.05, 0.1) is 19.6 Å². The van der Waals surface area contributed by atoms with Crippen LogP contribution in [0.15, 0.2) is 48.8 Å². The van der Waals surface area contributed by atoms with Gasteiger partial charge in [-0.25, -0.2) is 19.7 Å². The number of rotatable bonds is 9. The highest BCUT2D eigenvalue weighted by Gasteiger charge is 2.35. The van der Waals surface area contributed by atoms with Gasteiger partial charge >= 0.3 is 12.0 Å². The van der Waals surface area contributed by atoms with Gasteiger partial charge in [-0.2, -0.15) is 0 Å². The van der Waals surface area contributed by atoms with Crippen LogP contribution in [-0.2, 0) is 11.2 Å². The number of aryl methyl sites for hydroxylation is 1. The van der Waals surface area contributed by atoms with Crippen LogP contribution in [0.1, 0.15) is 30.1 Å². The molecule has 1 aliphatic rings. The molecule has 1 saturated heterocycles. The van der Waals surface area contributed by atoms with E-state index in [0.717, 1.165) is 29.6 Å². The number of amides is 2. The fourth-order valence-electron chi connectivity index (χ4n) is 3.96. The molecule has 1 fully saturated rings. The van der Waals surface area contributed by atoms with E-state index >= 15 is 0 Å². The average Bonchev–Trinajstić information content (AvgIpc) is 3.17. The Balaban J connectivity index is 1.38. The van der Waals surface area contributed by atoms with E-state index in [-0.39, 0.29) is 12.5 Å². The topological polar surface area (TPSA) is 109 Å². The number of hydrogen-bond donors (Lipinski definition) is 1. The molecular formula is C23H25N5O4. The lowest BCUT2D eigenvalue weighted by atomic mass is 10.0. The maximum absolute atomic E-state index is 13.0. The van der Waals surface area contributed by atoms with Crippen LogP contribution >= 0.6 is 0 Å². The van der Waals surface area contributed by atoms with E-state index in [1.165, 1.54) is 7.11 Å². The van der Waals surface area contributed by atoms with Crippen molar-refractivity contribution < 1.29 is 19.4 Å². The molecule has 0 bridgehead atoms. The number of carboxylic acids is 1. The van der Waals surface area contributed by atoms with Crippen LogP contribution in [0.25, 0.3) is 11.0 Å². The molecule has 0 aromatic carbocycles. The number of methoxy groups -OCH3 is 1. The zero-order chi connectivity index (χ0) is 22.5. The number of ether oxygens (including phenoxy) is 1. The molecule has 0 saturated carbocycles. The molecule has 4 heterocycles. The van der Waals surface area contributed by atoms with E-state index in [0.29, 0.717) is 31.1 Å². The van der Waals surface area contributed by atoms with E-state index in [4.69, 9.17) is 4.74 Å². The van der Waals surface area contributed by atoms with Gasteiger partial charge in [-0.15, -0.1) is 0 Å². The monoisotopic (exact) mass is 435 g/mol. The summed E-state index contributed by atoms with van der Waals surface area (Å²) in [7, 11) is 1.52. The molecule has 3 aromatic rings. The third kappa shape index (κ3) is 4.77. The number of nitrogens with zero attached hydrogens (tertiary/aromatic N) is 5. The lowest BCUT2D eigenvalue weighted by Gasteiger charge is -2.27. The molecule has 1 N–H and O–H groups in total. The predicted octanol–water partition coefficient (Wildman–Crippen LogP) is 2.92. The van der Waals surface area contributed by atoms with Crippen molar-refractivity contribution in [1.82, 2.24) is 24.8 Å². The number of aliphatic carboxylic acids is 1. The number of carboxylic acid groups (broad SMARTS) is 1. The molecule has 9 heteroatoms. The van der Waals surface area contributed by atoms with E-state index in [9.17, 15) is 14.7 Å². The molecule has 32 heavy (non-hydrogen) atoms. The van der Waals surface area contributed by atoms with Crippen molar-refractivity contribution in [2.45, 2.75) is 25.3 Å². The lowest BCUT2D eigenvalue weighted by molar-refractivity contribution is -0.138. The maximum Gasteiger partial charge on any atom is 0.320 e. The van der Waals surface area contributed by atoms with E-state index in [1.54, 1.807) is 34.3 Å². The third-order valence-electron chi connectivity index (χ3n) is 5.61. The second-order valence-electron chi connectivity index (χ2n) is 7.67. The summed E-state index contributed by atoms with van der Waals surface area (Å²) in [6, 6.07) is 10.6. The summed E-state index contributed by atoms with van der Waals surface area (Å²) in [4.78, 5) is 40.9. The third-order valence-corrected chi connectivity index (χ3v) is 5.61. The summed E-state index contributed by atoms with van der Waals surface area (Å²) in [5.74, 6) is -0.525. The Hall–Kier alpha value is -3.75. The Bertz CT molecular complexity index is 1100. The SMILES string of the molecule is COc1ccc(C(CC(=O)O)N2CCN(CCCc3ccc4cccnc4n3)C2=O)cn1. The van der Waals surface area contributed by atoms with Crippen molar-refractivity contribution in [1.29, 1.82) is 0 Å². The van der Waals surface area contributed by atoms with Crippen LogP contribution in [-0.4, -0.2) is 68.6 Å². The van der Waals surface area contributed by atoms with Crippen molar-refractivity contribution >= 4 is 23.0 Å². The molecule has 0 spiro atoms. The highest BCUT2D eigenvalue weighted by molar-refractivity contribution is 5.78. The number of pyridine rings is 3. The second kappa shape index (κ2) is 9.59. The molecule has 3 aromatic heterocycles. The fraction of sp³-hybridized carbons (Fsp3) is 0.348. The number of aromatic nitrogens is 3. The number of urea groups is 1. The summed E-state index contributed by atoms with van der Waals surface area (Å²) in [5.41, 5.74) is 2.34. The van der Waals surface area contributed by atoms with Crippen LogP contribution in [0.5, 0.6) is 5.88 Å². The van der Waals surface area contributed by atoms with Crippen LogP contribution in [0.3, 0.4) is 0 Å². The summed E-state index contributed by atoms with van der Waals surface area (Å²) in [6.45, 7) is 1.62. The van der Waals surface area contributed by atoms with Gasteiger partial charge in [0.2, 0.25) is 5.88 Å². The van der Waals surface area contributed by atoms with Crippen molar-refractivity contribution in [2.24, 2.45) is 0 Å². The molecule has 0 radical (unpaired) electrons. The fourth-order valence-corrected chi connectivity index (χ4v) is 3.96. The minimum absolute atomic E-state index is 0.153. The Morgan fingerprint density at radius 3 is 2.81 bits per heavy atom. The average molecular weight is 435 g/mol. The van der Waals surface area contributed by atoms with Gasteiger partial charge < -0.3 is 19.6 Å². The van der Waals surface area contributed by atoms with Crippen molar-refractivity contribution in [3.8, 4) is 5.88 Å². The minimum atomic E-state index is -0.965. The molecule has 1 atom stereocenters. The summed E-state index contributed by atoms with van der Waals surface area (Å²) in [6.07, 6.45) is 4.61. The van der Waals surface area contributed by atoms with Gasteiger partial charge in [0, 0.05) is 49.2 Å². The van der Waals surface area contributed by atoms with Gasteiger partial charge in [-0.3, -0.25) is 4.79 Å². The molecular weight excluding hydrogens is 410 g/mol. The second-order valence-corrected chi connectivity index (χ2v) is 7.67. The maximum atomic E-state index is 13.0. The number of fused-ring (bicyclic) bond motifs is 1. The molecule has 9 nitrogen and oxygen atoms in total. The molecule has 4 rings (SSSR count). The van der Waals surface area contributed by atoms with Gasteiger partial charge in [-0.05, 0) is 42.7 Å². The molecule has 2 amide bonds. The highest BCUT2D eigenvalue weighted by atomic mass is 16.5. The largest absolute Gasteiger partial charge is 0.481 e. The van der Waals surface area contributed by atoms with Gasteiger partial charge in [0.15, 0.2) is 5.65 Å². The van der Waals surface area contributed by atoms with Crippen LogP contribution < -0.4 is 4.74 Å². The van der Waals surface area contributed by atoms with E-state index in [1.807, 2.05) is 24.3 Å².